The van der Waals surface area contributed by atoms with Crippen LogP contribution in [0.4, 0.5) is 11.4 Å². The highest BCUT2D eigenvalue weighted by molar-refractivity contribution is 5.51. The summed E-state index contributed by atoms with van der Waals surface area (Å²) >= 11 is 0. The molecule has 0 aliphatic rings. The van der Waals surface area contributed by atoms with E-state index >= 15 is 0 Å². The Hall–Kier alpha value is -2.50. The first-order chi connectivity index (χ1) is 8.25. The topological polar surface area (TPSA) is 81.0 Å². The second kappa shape index (κ2) is 5.02. The first-order valence-corrected chi connectivity index (χ1v) is 4.98. The van der Waals surface area contributed by atoms with Gasteiger partial charge in [0, 0.05) is 42.3 Å². The van der Waals surface area contributed by atoms with Gasteiger partial charge in [-0.1, -0.05) is 6.07 Å². The Bertz CT molecular complexity index is 516. The fraction of sp³-hybridized carbons (Fsp3) is 0.0909. The van der Waals surface area contributed by atoms with Gasteiger partial charge < -0.3 is 5.32 Å². The lowest BCUT2D eigenvalue weighted by Gasteiger charge is -2.05. The molecule has 6 nitrogen and oxygen atoms in total. The fourth-order valence-corrected chi connectivity index (χ4v) is 1.35. The maximum Gasteiger partial charge on any atom is 0.271 e. The standard InChI is InChI=1S/C11H10N4O2/c16-15(17)11-3-1-2-10(4-11)14-7-9-5-12-8-13-6-9/h1-6,8,14H,7H2. The van der Waals surface area contributed by atoms with Crippen molar-refractivity contribution in [2.45, 2.75) is 6.54 Å². The molecule has 2 rings (SSSR count). The molecule has 0 bridgehead atoms. The van der Waals surface area contributed by atoms with Crippen LogP contribution in [0.5, 0.6) is 0 Å². The lowest BCUT2D eigenvalue weighted by atomic mass is 10.2. The number of nitro groups is 1. The third-order valence-corrected chi connectivity index (χ3v) is 2.17. The van der Waals surface area contributed by atoms with Crippen molar-refractivity contribution in [2.24, 2.45) is 0 Å². The predicted molar refractivity (Wildman–Crippen MR) is 62.5 cm³/mol. The molecule has 0 saturated heterocycles. The third kappa shape index (κ3) is 2.97. The highest BCUT2D eigenvalue weighted by Gasteiger charge is 2.04. The van der Waals surface area contributed by atoms with Gasteiger partial charge in [0.25, 0.3) is 5.69 Å². The second-order valence-corrected chi connectivity index (χ2v) is 3.41. The van der Waals surface area contributed by atoms with E-state index in [1.807, 2.05) is 0 Å². The molecule has 1 aromatic heterocycles. The molecular formula is C11H10N4O2. The van der Waals surface area contributed by atoms with Crippen LogP contribution in [0.1, 0.15) is 5.56 Å². The van der Waals surface area contributed by atoms with E-state index in [4.69, 9.17) is 0 Å². The number of nitro benzene ring substituents is 1. The fourth-order valence-electron chi connectivity index (χ4n) is 1.35. The molecule has 0 aliphatic heterocycles. The molecule has 6 heteroatoms. The number of nitrogens with one attached hydrogen (secondary N) is 1. The van der Waals surface area contributed by atoms with Crippen molar-refractivity contribution < 1.29 is 4.92 Å². The Morgan fingerprint density at radius 2 is 2.06 bits per heavy atom. The summed E-state index contributed by atoms with van der Waals surface area (Å²) in [7, 11) is 0. The van der Waals surface area contributed by atoms with Gasteiger partial charge in [-0.2, -0.15) is 0 Å². The Morgan fingerprint density at radius 3 is 2.76 bits per heavy atom. The molecule has 1 N–H and O–H groups in total. The molecule has 0 atom stereocenters. The van der Waals surface area contributed by atoms with Crippen LogP contribution in [0.15, 0.2) is 43.0 Å². The van der Waals surface area contributed by atoms with Gasteiger partial charge in [0.05, 0.1) is 4.92 Å². The zero-order chi connectivity index (χ0) is 12.1. The number of benzene rings is 1. The van der Waals surface area contributed by atoms with Crippen LogP contribution in [-0.4, -0.2) is 14.9 Å². The second-order valence-electron chi connectivity index (χ2n) is 3.41. The SMILES string of the molecule is O=[N+]([O-])c1cccc(NCc2cncnc2)c1. The molecule has 0 amide bonds. The van der Waals surface area contributed by atoms with Gasteiger partial charge in [0.15, 0.2) is 0 Å². The van der Waals surface area contributed by atoms with E-state index in [0.717, 1.165) is 5.56 Å². The van der Waals surface area contributed by atoms with Gasteiger partial charge in [-0.15, -0.1) is 0 Å². The van der Waals surface area contributed by atoms with E-state index in [1.165, 1.54) is 18.5 Å². The predicted octanol–water partition coefficient (Wildman–Crippen LogP) is 2.00. The quantitative estimate of drug-likeness (QED) is 0.641. The van der Waals surface area contributed by atoms with Gasteiger partial charge >= 0.3 is 0 Å². The van der Waals surface area contributed by atoms with Crippen molar-refractivity contribution >= 4 is 11.4 Å². The molecule has 0 fully saturated rings. The van der Waals surface area contributed by atoms with Gasteiger partial charge in [0.1, 0.15) is 6.33 Å². The maximum absolute atomic E-state index is 10.6. The Kier molecular flexibility index (Phi) is 3.25. The van der Waals surface area contributed by atoms with Crippen LogP contribution < -0.4 is 5.32 Å². The maximum atomic E-state index is 10.6. The summed E-state index contributed by atoms with van der Waals surface area (Å²) in [5, 5.41) is 13.7. The zero-order valence-corrected chi connectivity index (χ0v) is 8.91. The van der Waals surface area contributed by atoms with Crippen molar-refractivity contribution in [1.82, 2.24) is 9.97 Å². The Morgan fingerprint density at radius 1 is 1.29 bits per heavy atom. The van der Waals surface area contributed by atoms with E-state index in [9.17, 15) is 10.1 Å². The molecule has 17 heavy (non-hydrogen) atoms. The van der Waals surface area contributed by atoms with Crippen molar-refractivity contribution in [3.8, 4) is 0 Å². The summed E-state index contributed by atoms with van der Waals surface area (Å²) in [6, 6.07) is 6.36. The number of aromatic nitrogens is 2. The number of nitrogens with zero attached hydrogens (tertiary/aromatic N) is 3. The molecular weight excluding hydrogens is 220 g/mol. The number of anilines is 1. The van der Waals surface area contributed by atoms with Crippen LogP contribution >= 0.6 is 0 Å². The normalized spacial score (nSPS) is 9.88. The Labute approximate surface area is 97.5 Å². The smallest absolute Gasteiger partial charge is 0.271 e. The van der Waals surface area contributed by atoms with Gasteiger partial charge in [-0.25, -0.2) is 9.97 Å². The van der Waals surface area contributed by atoms with Crippen molar-refractivity contribution in [3.05, 3.63) is 58.7 Å². The van der Waals surface area contributed by atoms with Crippen LogP contribution in [0.3, 0.4) is 0 Å². The molecule has 0 unspecified atom stereocenters. The third-order valence-electron chi connectivity index (χ3n) is 2.17. The molecule has 2 aromatic rings. The summed E-state index contributed by atoms with van der Waals surface area (Å²) < 4.78 is 0. The summed E-state index contributed by atoms with van der Waals surface area (Å²) in [6.45, 7) is 0.530. The number of hydrogen-bond donors (Lipinski definition) is 1. The molecule has 0 spiro atoms. The summed E-state index contributed by atoms with van der Waals surface area (Å²) in [5.74, 6) is 0. The number of rotatable bonds is 4. The van der Waals surface area contributed by atoms with Crippen LogP contribution in [0.25, 0.3) is 0 Å². The molecule has 86 valence electrons. The Balaban J connectivity index is 2.04. The average molecular weight is 230 g/mol. The van der Waals surface area contributed by atoms with Gasteiger partial charge in [0.2, 0.25) is 0 Å². The van der Waals surface area contributed by atoms with E-state index in [2.05, 4.69) is 15.3 Å². The minimum atomic E-state index is -0.420. The first-order valence-electron chi connectivity index (χ1n) is 4.98. The van der Waals surface area contributed by atoms with Gasteiger partial charge in [-0.3, -0.25) is 10.1 Å². The molecule has 1 aromatic carbocycles. The lowest BCUT2D eigenvalue weighted by Crippen LogP contribution is -2.00. The summed E-state index contributed by atoms with van der Waals surface area (Å²) in [5.41, 5.74) is 1.68. The average Bonchev–Trinajstić information content (AvgIpc) is 2.38. The first kappa shape index (κ1) is 11.0. The molecule has 0 saturated carbocycles. The van der Waals surface area contributed by atoms with E-state index < -0.39 is 4.92 Å². The molecule has 0 radical (unpaired) electrons. The van der Waals surface area contributed by atoms with Crippen molar-refractivity contribution in [3.63, 3.8) is 0 Å². The molecule has 1 heterocycles. The summed E-state index contributed by atoms with van der Waals surface area (Å²) in [6.07, 6.45) is 4.84. The number of hydrogen-bond acceptors (Lipinski definition) is 5. The molecule has 0 aliphatic carbocycles. The van der Waals surface area contributed by atoms with E-state index in [1.54, 1.807) is 24.5 Å². The minimum Gasteiger partial charge on any atom is -0.381 e. The monoisotopic (exact) mass is 230 g/mol. The van der Waals surface area contributed by atoms with Crippen molar-refractivity contribution in [1.29, 1.82) is 0 Å². The van der Waals surface area contributed by atoms with Crippen LogP contribution in [-0.2, 0) is 6.54 Å². The highest BCUT2D eigenvalue weighted by Crippen LogP contribution is 2.17. The lowest BCUT2D eigenvalue weighted by molar-refractivity contribution is -0.384. The summed E-state index contributed by atoms with van der Waals surface area (Å²) in [4.78, 5) is 17.9. The van der Waals surface area contributed by atoms with Crippen LogP contribution in [0, 0.1) is 10.1 Å². The van der Waals surface area contributed by atoms with E-state index in [0.29, 0.717) is 12.2 Å². The van der Waals surface area contributed by atoms with Crippen LogP contribution in [0.2, 0.25) is 0 Å². The highest BCUT2D eigenvalue weighted by atomic mass is 16.6. The van der Waals surface area contributed by atoms with E-state index in [-0.39, 0.29) is 5.69 Å². The zero-order valence-electron chi connectivity index (χ0n) is 8.91. The minimum absolute atomic E-state index is 0.0688. The number of non-ortho nitro benzene ring substituents is 1. The van der Waals surface area contributed by atoms with Crippen molar-refractivity contribution in [2.75, 3.05) is 5.32 Å². The van der Waals surface area contributed by atoms with Gasteiger partial charge in [-0.05, 0) is 6.07 Å². The largest absolute Gasteiger partial charge is 0.381 e.